The third-order valence-corrected chi connectivity index (χ3v) is 11.1. The van der Waals surface area contributed by atoms with Gasteiger partial charge in [0.1, 0.15) is 17.3 Å². The summed E-state index contributed by atoms with van der Waals surface area (Å²) in [5, 5.41) is 7.56. The van der Waals surface area contributed by atoms with Gasteiger partial charge in [0, 0.05) is 46.3 Å². The molecule has 3 atom stereocenters. The molecule has 1 aliphatic rings. The summed E-state index contributed by atoms with van der Waals surface area (Å²) in [5.74, 6) is 5.51. The zero-order chi connectivity index (χ0) is 35.4. The molecule has 0 radical (unpaired) electrons. The average Bonchev–Trinajstić information content (AvgIpc) is 3.57. The minimum Gasteiger partial charge on any atom is -0.457 e. The highest BCUT2D eigenvalue weighted by Crippen LogP contribution is 2.45. The first-order chi connectivity index (χ1) is 23.9. The van der Waals surface area contributed by atoms with Crippen LogP contribution in [0.3, 0.4) is 0 Å². The molecular weight excluding hydrogens is 613 g/mol. The van der Waals surface area contributed by atoms with Crippen molar-refractivity contribution < 1.29 is 4.74 Å². The summed E-state index contributed by atoms with van der Waals surface area (Å²) in [6.45, 7) is 22.8. The summed E-state index contributed by atoms with van der Waals surface area (Å²) >= 11 is 0. The van der Waals surface area contributed by atoms with Gasteiger partial charge in [-0.15, -0.1) is 0 Å². The van der Waals surface area contributed by atoms with Gasteiger partial charge < -0.3 is 4.74 Å². The van der Waals surface area contributed by atoms with E-state index in [0.29, 0.717) is 35.5 Å². The first-order valence-electron chi connectivity index (χ1n) is 18.5. The molecule has 0 spiro atoms. The molecule has 6 aromatic rings. The monoisotopic (exact) mass is 664 g/mol. The van der Waals surface area contributed by atoms with Gasteiger partial charge in [0.25, 0.3) is 0 Å². The molecule has 5 nitrogen and oxygen atoms in total. The maximum absolute atomic E-state index is 6.77. The van der Waals surface area contributed by atoms with Gasteiger partial charge in [-0.3, -0.25) is 4.57 Å². The van der Waals surface area contributed by atoms with E-state index in [9.17, 15) is 0 Å². The molecule has 1 unspecified atom stereocenters. The maximum atomic E-state index is 6.77. The Labute approximate surface area is 298 Å². The molecule has 1 aliphatic carbocycles. The minimum atomic E-state index is 0.328. The van der Waals surface area contributed by atoms with Crippen molar-refractivity contribution >= 4 is 21.8 Å². The van der Waals surface area contributed by atoms with E-state index in [0.717, 1.165) is 39.7 Å². The Bertz CT molecular complexity index is 2230. The van der Waals surface area contributed by atoms with Crippen molar-refractivity contribution in [2.75, 3.05) is 0 Å². The van der Waals surface area contributed by atoms with Crippen molar-refractivity contribution in [2.24, 2.45) is 17.8 Å². The van der Waals surface area contributed by atoms with Gasteiger partial charge in [0.2, 0.25) is 0 Å². The number of aromatic nitrogens is 4. The topological polar surface area (TPSA) is 44.9 Å². The molecule has 0 fully saturated rings. The van der Waals surface area contributed by atoms with E-state index >= 15 is 0 Å². The SMILES string of the molecule is CC1=C[C@H](C(C)C)C[C@H](C)C1c1c(C)nn(-c2cc(Oc3ccc4c5ccccc5n(-c5cc(C(C)C)ccn5)c4c3)cc(C(C)C)c2)c1C. The molecule has 0 amide bonds. The van der Waals surface area contributed by atoms with Gasteiger partial charge in [-0.1, -0.05) is 78.3 Å². The molecule has 3 heterocycles. The number of rotatable bonds is 8. The van der Waals surface area contributed by atoms with Crippen LogP contribution in [0.2, 0.25) is 0 Å². The number of hydrogen-bond acceptors (Lipinski definition) is 3. The number of fused-ring (bicyclic) bond motifs is 3. The van der Waals surface area contributed by atoms with E-state index < -0.39 is 0 Å². The van der Waals surface area contributed by atoms with Crippen molar-refractivity contribution in [3.63, 3.8) is 0 Å². The van der Waals surface area contributed by atoms with Crippen LogP contribution < -0.4 is 4.74 Å². The lowest BCUT2D eigenvalue weighted by Gasteiger charge is -2.35. The van der Waals surface area contributed by atoms with Crippen LogP contribution >= 0.6 is 0 Å². The Balaban J connectivity index is 1.30. The highest BCUT2D eigenvalue weighted by molar-refractivity contribution is 6.09. The van der Waals surface area contributed by atoms with Gasteiger partial charge >= 0.3 is 0 Å². The summed E-state index contributed by atoms with van der Waals surface area (Å²) in [6.07, 6.45) is 5.67. The van der Waals surface area contributed by atoms with Gasteiger partial charge in [0.15, 0.2) is 0 Å². The number of para-hydroxylation sites is 1. The second-order valence-corrected chi connectivity index (χ2v) is 15.7. The highest BCUT2D eigenvalue weighted by atomic mass is 16.5. The predicted molar refractivity (Wildman–Crippen MR) is 208 cm³/mol. The fourth-order valence-corrected chi connectivity index (χ4v) is 8.29. The lowest BCUT2D eigenvalue weighted by Crippen LogP contribution is -2.24. The molecule has 5 heteroatoms. The van der Waals surface area contributed by atoms with E-state index in [4.69, 9.17) is 14.8 Å². The van der Waals surface area contributed by atoms with E-state index in [-0.39, 0.29) is 0 Å². The van der Waals surface area contributed by atoms with Gasteiger partial charge in [-0.2, -0.15) is 5.10 Å². The van der Waals surface area contributed by atoms with Crippen molar-refractivity contribution in [1.82, 2.24) is 19.3 Å². The lowest BCUT2D eigenvalue weighted by molar-refractivity contribution is 0.317. The highest BCUT2D eigenvalue weighted by Gasteiger charge is 2.33. The molecule has 7 rings (SSSR count). The quantitative estimate of drug-likeness (QED) is 0.152. The zero-order valence-corrected chi connectivity index (χ0v) is 31.5. The molecule has 0 aliphatic heterocycles. The fraction of sp³-hybridized carbons (Fsp3) is 0.378. The summed E-state index contributed by atoms with van der Waals surface area (Å²) in [5.41, 5.74) is 10.9. The normalized spacial score (nSPS) is 18.2. The van der Waals surface area contributed by atoms with Crippen molar-refractivity contribution in [3.8, 4) is 23.0 Å². The number of pyridine rings is 1. The number of allylic oxidation sites excluding steroid dienone is 2. The van der Waals surface area contributed by atoms with Crippen LogP contribution in [-0.4, -0.2) is 19.3 Å². The van der Waals surface area contributed by atoms with Crippen molar-refractivity contribution in [2.45, 2.75) is 93.4 Å². The van der Waals surface area contributed by atoms with Crippen LogP contribution in [0.5, 0.6) is 11.5 Å². The predicted octanol–water partition coefficient (Wildman–Crippen LogP) is 12.4. The first-order valence-corrected chi connectivity index (χ1v) is 18.5. The smallest absolute Gasteiger partial charge is 0.137 e. The fourth-order valence-electron chi connectivity index (χ4n) is 8.29. The van der Waals surface area contributed by atoms with Gasteiger partial charge in [0.05, 0.1) is 22.4 Å². The lowest BCUT2D eigenvalue weighted by atomic mass is 9.69. The molecule has 0 saturated carbocycles. The number of ether oxygens (including phenoxy) is 1. The van der Waals surface area contributed by atoms with Crippen molar-refractivity contribution in [3.05, 3.63) is 119 Å². The molecule has 3 aromatic carbocycles. The number of hydrogen-bond donors (Lipinski definition) is 0. The largest absolute Gasteiger partial charge is 0.457 e. The summed E-state index contributed by atoms with van der Waals surface area (Å²) in [6, 6.07) is 25.9. The van der Waals surface area contributed by atoms with Crippen LogP contribution in [0.25, 0.3) is 33.3 Å². The Morgan fingerprint density at radius 1 is 0.760 bits per heavy atom. The second kappa shape index (κ2) is 13.2. The Hall–Kier alpha value is -4.64. The van der Waals surface area contributed by atoms with Crippen LogP contribution in [0, 0.1) is 31.6 Å². The Morgan fingerprint density at radius 3 is 2.22 bits per heavy atom. The molecular formula is C45H52N4O. The molecule has 258 valence electrons. The molecule has 0 saturated heterocycles. The Kier molecular flexibility index (Phi) is 8.96. The number of aryl methyl sites for hydroxylation is 1. The minimum absolute atomic E-state index is 0.328. The van der Waals surface area contributed by atoms with Crippen LogP contribution in [-0.2, 0) is 0 Å². The molecule has 50 heavy (non-hydrogen) atoms. The van der Waals surface area contributed by atoms with E-state index in [2.05, 4.69) is 157 Å². The number of nitrogens with zero attached hydrogens (tertiary/aromatic N) is 4. The first kappa shape index (κ1) is 33.8. The van der Waals surface area contributed by atoms with Crippen molar-refractivity contribution in [1.29, 1.82) is 0 Å². The summed E-state index contributed by atoms with van der Waals surface area (Å²) in [7, 11) is 0. The van der Waals surface area contributed by atoms with E-state index in [1.54, 1.807) is 0 Å². The van der Waals surface area contributed by atoms with Gasteiger partial charge in [-0.05, 0) is 110 Å². The Morgan fingerprint density at radius 2 is 1.50 bits per heavy atom. The van der Waals surface area contributed by atoms with Crippen LogP contribution in [0.15, 0.2) is 90.6 Å². The van der Waals surface area contributed by atoms with E-state index in [1.165, 1.54) is 45.2 Å². The van der Waals surface area contributed by atoms with E-state index in [1.807, 2.05) is 6.20 Å². The molecule has 0 bridgehead atoms. The zero-order valence-electron chi connectivity index (χ0n) is 31.5. The third kappa shape index (κ3) is 6.05. The summed E-state index contributed by atoms with van der Waals surface area (Å²) in [4.78, 5) is 4.83. The van der Waals surface area contributed by atoms with Crippen LogP contribution in [0.1, 0.15) is 108 Å². The van der Waals surface area contributed by atoms with Crippen LogP contribution in [0.4, 0.5) is 0 Å². The molecule has 0 N–H and O–H groups in total. The average molecular weight is 665 g/mol. The maximum Gasteiger partial charge on any atom is 0.137 e. The second-order valence-electron chi connectivity index (χ2n) is 15.7. The molecule has 3 aromatic heterocycles. The van der Waals surface area contributed by atoms with Gasteiger partial charge in [-0.25, -0.2) is 9.67 Å². The summed E-state index contributed by atoms with van der Waals surface area (Å²) < 4.78 is 11.2. The number of benzene rings is 3. The third-order valence-electron chi connectivity index (χ3n) is 11.1. The standard InChI is InChI=1S/C45H52N4O/c1-26(2)33-17-18-46-43(23-33)48-41-14-12-11-13-39(41)40-16-15-37(25-42(40)48)50-38-22-35(28(5)6)21-36(24-38)49-32(10)45(31(9)47-49)44-29(7)19-34(27(3)4)20-30(44)8/h11-19,21-28,30,34,44H,20H2,1-10H3/t30-,34-,44?/m0/s1.